The van der Waals surface area contributed by atoms with Crippen molar-refractivity contribution < 1.29 is 9.84 Å². The first-order chi connectivity index (χ1) is 4.20. The number of hydrogen-bond donors (Lipinski definition) is 1. The molecule has 1 N–H and O–H groups in total. The van der Waals surface area contributed by atoms with Crippen molar-refractivity contribution in [2.75, 3.05) is 0 Å². The van der Waals surface area contributed by atoms with Crippen LogP contribution < -0.4 is 0 Å². The normalized spacial score (nSPS) is 28.1. The van der Waals surface area contributed by atoms with Crippen molar-refractivity contribution in [3.8, 4) is 0 Å². The summed E-state index contributed by atoms with van der Waals surface area (Å²) < 4.78 is 5.03. The summed E-state index contributed by atoms with van der Waals surface area (Å²) in [4.78, 5) is 0. The predicted octanol–water partition coefficient (Wildman–Crippen LogP) is 1.41. The van der Waals surface area contributed by atoms with Crippen molar-refractivity contribution in [3.63, 3.8) is 0 Å². The molecule has 52 valence electrons. The van der Waals surface area contributed by atoms with E-state index in [4.69, 9.17) is 9.84 Å². The molecule has 0 spiro atoms. The first kappa shape index (κ1) is 6.62. The maximum absolute atomic E-state index is 8.94. The van der Waals surface area contributed by atoms with Crippen molar-refractivity contribution >= 4 is 0 Å². The Labute approximate surface area is 55.1 Å². The Morgan fingerprint density at radius 1 is 1.56 bits per heavy atom. The molecule has 2 heteroatoms. The second kappa shape index (κ2) is 2.40. The first-order valence-electron chi connectivity index (χ1n) is 3.21. The summed E-state index contributed by atoms with van der Waals surface area (Å²) in [6, 6.07) is 0. The Kier molecular flexibility index (Phi) is 1.76. The zero-order chi connectivity index (χ0) is 6.85. The number of aliphatic hydroxyl groups is 1. The van der Waals surface area contributed by atoms with Crippen LogP contribution in [-0.2, 0) is 4.74 Å². The molecule has 0 bridgehead atoms. The largest absolute Gasteiger partial charge is 0.470 e. The lowest BCUT2D eigenvalue weighted by atomic mass is 10.1. The lowest BCUT2D eigenvalue weighted by Gasteiger charge is -2.20. The van der Waals surface area contributed by atoms with Gasteiger partial charge in [-0.15, -0.1) is 0 Å². The Morgan fingerprint density at radius 3 is 2.67 bits per heavy atom. The molecule has 0 aliphatic carbocycles. The van der Waals surface area contributed by atoms with E-state index in [0.29, 0.717) is 0 Å². The highest BCUT2D eigenvalue weighted by Gasteiger charge is 2.13. The van der Waals surface area contributed by atoms with Crippen LogP contribution in [0.3, 0.4) is 0 Å². The van der Waals surface area contributed by atoms with Gasteiger partial charge in [-0.1, -0.05) is 0 Å². The molecule has 0 saturated carbocycles. The second-order valence-corrected chi connectivity index (χ2v) is 2.45. The van der Waals surface area contributed by atoms with Crippen molar-refractivity contribution in [1.29, 1.82) is 0 Å². The van der Waals surface area contributed by atoms with Crippen LogP contribution in [0, 0.1) is 0 Å². The lowest BCUT2D eigenvalue weighted by molar-refractivity contribution is -0.0783. The summed E-state index contributed by atoms with van der Waals surface area (Å²) in [6.07, 6.45) is 1.14. The summed E-state index contributed by atoms with van der Waals surface area (Å²) >= 11 is 0. The van der Waals surface area contributed by atoms with Gasteiger partial charge in [0.15, 0.2) is 6.29 Å². The molecular formula is C7H12O2. The van der Waals surface area contributed by atoms with Gasteiger partial charge in [-0.2, -0.15) is 0 Å². The highest BCUT2D eigenvalue weighted by atomic mass is 16.6. The van der Waals surface area contributed by atoms with E-state index in [-0.39, 0.29) is 0 Å². The average molecular weight is 128 g/mol. The van der Waals surface area contributed by atoms with Crippen LogP contribution in [0.1, 0.15) is 26.7 Å². The van der Waals surface area contributed by atoms with Crippen LogP contribution in [0.2, 0.25) is 0 Å². The van der Waals surface area contributed by atoms with Crippen molar-refractivity contribution in [2.45, 2.75) is 33.0 Å². The van der Waals surface area contributed by atoms with Gasteiger partial charge in [0.25, 0.3) is 0 Å². The Bertz CT molecular complexity index is 138. The number of ether oxygens (including phenoxy) is 1. The van der Waals surface area contributed by atoms with Crippen molar-refractivity contribution in [3.05, 3.63) is 11.3 Å². The maximum atomic E-state index is 8.94. The maximum Gasteiger partial charge on any atom is 0.197 e. The molecule has 1 atom stereocenters. The molecule has 1 unspecified atom stereocenters. The Morgan fingerprint density at radius 2 is 2.22 bits per heavy atom. The van der Waals surface area contributed by atoms with Gasteiger partial charge in [0, 0.05) is 6.42 Å². The molecule has 1 rings (SSSR count). The summed E-state index contributed by atoms with van der Waals surface area (Å²) in [5.74, 6) is 0.883. The second-order valence-electron chi connectivity index (χ2n) is 2.45. The molecule has 0 fully saturated rings. The van der Waals surface area contributed by atoms with E-state index in [1.807, 2.05) is 13.8 Å². The number of rotatable bonds is 0. The smallest absolute Gasteiger partial charge is 0.197 e. The quantitative estimate of drug-likeness (QED) is 0.534. The topological polar surface area (TPSA) is 29.5 Å². The van der Waals surface area contributed by atoms with Gasteiger partial charge < -0.3 is 9.84 Å². The summed E-state index contributed by atoms with van der Waals surface area (Å²) in [5, 5.41) is 8.94. The fourth-order valence-corrected chi connectivity index (χ4v) is 0.880. The lowest BCUT2D eigenvalue weighted by Crippen LogP contribution is -2.15. The molecule has 1 heterocycles. The van der Waals surface area contributed by atoms with E-state index in [2.05, 4.69) is 0 Å². The van der Waals surface area contributed by atoms with Crippen LogP contribution in [-0.4, -0.2) is 11.4 Å². The van der Waals surface area contributed by atoms with E-state index in [0.717, 1.165) is 18.6 Å². The highest BCUT2D eigenvalue weighted by Crippen LogP contribution is 2.20. The Balaban J connectivity index is 2.61. The van der Waals surface area contributed by atoms with Crippen LogP contribution in [0.4, 0.5) is 0 Å². The van der Waals surface area contributed by atoms with Crippen molar-refractivity contribution in [2.24, 2.45) is 0 Å². The molecule has 0 aromatic heterocycles. The van der Waals surface area contributed by atoms with E-state index in [1.54, 1.807) is 0 Å². The van der Waals surface area contributed by atoms with Gasteiger partial charge in [-0.05, 0) is 25.8 Å². The molecule has 1 aliphatic rings. The van der Waals surface area contributed by atoms with Gasteiger partial charge in [-0.25, -0.2) is 0 Å². The number of allylic oxidation sites excluding steroid dienone is 2. The molecule has 1 aliphatic heterocycles. The van der Waals surface area contributed by atoms with Gasteiger partial charge in [-0.3, -0.25) is 0 Å². The molecule has 2 nitrogen and oxygen atoms in total. The molecular weight excluding hydrogens is 116 g/mol. The van der Waals surface area contributed by atoms with Crippen molar-refractivity contribution in [1.82, 2.24) is 0 Å². The van der Waals surface area contributed by atoms with Crippen LogP contribution in [0.5, 0.6) is 0 Å². The number of aliphatic hydroxyl groups excluding tert-OH is 1. The highest BCUT2D eigenvalue weighted by molar-refractivity contribution is 5.05. The third-order valence-corrected chi connectivity index (χ3v) is 1.68. The SMILES string of the molecule is CC1=C(C)OC(O)CC1. The third kappa shape index (κ3) is 1.45. The molecule has 9 heavy (non-hydrogen) atoms. The molecule has 0 radical (unpaired) electrons. The molecule has 0 amide bonds. The zero-order valence-electron chi connectivity index (χ0n) is 5.85. The number of hydrogen-bond acceptors (Lipinski definition) is 2. The van der Waals surface area contributed by atoms with Gasteiger partial charge in [0.2, 0.25) is 0 Å². The first-order valence-corrected chi connectivity index (χ1v) is 3.21. The Hall–Kier alpha value is -0.500. The molecule has 0 aromatic rings. The monoisotopic (exact) mass is 128 g/mol. The average Bonchev–Trinajstić information content (AvgIpc) is 1.80. The van der Waals surface area contributed by atoms with Gasteiger partial charge >= 0.3 is 0 Å². The minimum atomic E-state index is -0.561. The van der Waals surface area contributed by atoms with Crippen LogP contribution in [0.25, 0.3) is 0 Å². The summed E-state index contributed by atoms with van der Waals surface area (Å²) in [7, 11) is 0. The van der Waals surface area contributed by atoms with Gasteiger partial charge in [0.1, 0.15) is 0 Å². The van der Waals surface area contributed by atoms with E-state index in [9.17, 15) is 0 Å². The standard InChI is InChI=1S/C7H12O2/c1-5-3-4-7(8)9-6(5)2/h7-8H,3-4H2,1-2H3. The van der Waals surface area contributed by atoms with E-state index in [1.165, 1.54) is 5.57 Å². The summed E-state index contributed by atoms with van der Waals surface area (Å²) in [6.45, 7) is 3.92. The minimum Gasteiger partial charge on any atom is -0.470 e. The molecule has 0 saturated heterocycles. The fourth-order valence-electron chi connectivity index (χ4n) is 0.880. The van der Waals surface area contributed by atoms with Crippen LogP contribution >= 0.6 is 0 Å². The fraction of sp³-hybridized carbons (Fsp3) is 0.714. The zero-order valence-corrected chi connectivity index (χ0v) is 5.85. The summed E-state index contributed by atoms with van der Waals surface area (Å²) in [5.41, 5.74) is 1.25. The predicted molar refractivity (Wildman–Crippen MR) is 34.7 cm³/mol. The van der Waals surface area contributed by atoms with Crippen LogP contribution in [0.15, 0.2) is 11.3 Å². The minimum absolute atomic E-state index is 0.561. The van der Waals surface area contributed by atoms with Gasteiger partial charge in [0.05, 0.1) is 5.76 Å². The van der Waals surface area contributed by atoms with E-state index < -0.39 is 6.29 Å². The molecule has 0 aromatic carbocycles. The third-order valence-electron chi connectivity index (χ3n) is 1.68. The van der Waals surface area contributed by atoms with E-state index >= 15 is 0 Å².